The van der Waals surface area contributed by atoms with Gasteiger partial charge in [0.1, 0.15) is 6.10 Å². The second kappa shape index (κ2) is 4.72. The van der Waals surface area contributed by atoms with Crippen molar-refractivity contribution < 1.29 is 27.5 Å². The predicted molar refractivity (Wildman–Crippen MR) is 73.1 cm³/mol. The highest BCUT2D eigenvalue weighted by atomic mass is 19.4. The number of hydrogen-bond donors (Lipinski definition) is 1. The van der Waals surface area contributed by atoms with E-state index in [-0.39, 0.29) is 29.6 Å². The topological polar surface area (TPSA) is 55.4 Å². The number of carbonyl (C=O) groups excluding carboxylic acids is 2. The molecule has 23 heavy (non-hydrogen) atoms. The molecular formula is C16H14F3NO3. The van der Waals surface area contributed by atoms with Crippen molar-refractivity contribution in [1.82, 2.24) is 0 Å². The van der Waals surface area contributed by atoms with E-state index in [0.29, 0.717) is 6.42 Å². The quantitative estimate of drug-likeness (QED) is 0.851. The first-order valence-electron chi connectivity index (χ1n) is 7.54. The third-order valence-electron chi connectivity index (χ3n) is 5.28. The van der Waals surface area contributed by atoms with E-state index in [2.05, 4.69) is 5.32 Å². The minimum Gasteiger partial charge on any atom is -0.462 e. The molecule has 1 aliphatic heterocycles. The second-order valence-electron chi connectivity index (χ2n) is 6.45. The van der Waals surface area contributed by atoms with Crippen LogP contribution in [0.15, 0.2) is 24.3 Å². The molecule has 3 fully saturated rings. The summed E-state index contributed by atoms with van der Waals surface area (Å²) < 4.78 is 44.3. The molecule has 3 aliphatic rings. The molecule has 2 saturated carbocycles. The number of ether oxygens (including phenoxy) is 1. The van der Waals surface area contributed by atoms with E-state index in [1.807, 2.05) is 0 Å². The molecule has 0 radical (unpaired) electrons. The highest BCUT2D eigenvalue weighted by molar-refractivity contribution is 5.97. The van der Waals surface area contributed by atoms with Gasteiger partial charge in [-0.1, -0.05) is 12.1 Å². The predicted octanol–water partition coefficient (Wildman–Crippen LogP) is 2.84. The standard InChI is InChI=1S/C16H14F3NO3/c17-16(18,19)9-3-1-2-4-10(9)20-14(21)12-7-5-8-11(6-7)23-15(22)13(8)12/h1-4,7-8,11-13H,5-6H2,(H,20,21)/t7-,8-,11-,12-,13-/m1/s1. The SMILES string of the molecule is O=C(Nc1ccccc1C(F)(F)F)[C@@H]1[C@@H]2C[C@H]3[C@H]1C(=O)O[C@@H]3C2. The lowest BCUT2D eigenvalue weighted by Crippen LogP contribution is -2.36. The lowest BCUT2D eigenvalue weighted by Gasteiger charge is -2.24. The van der Waals surface area contributed by atoms with Gasteiger partial charge >= 0.3 is 12.1 Å². The summed E-state index contributed by atoms with van der Waals surface area (Å²) in [5, 5.41) is 2.38. The fraction of sp³-hybridized carbons (Fsp3) is 0.500. The summed E-state index contributed by atoms with van der Waals surface area (Å²) in [6.07, 6.45) is -3.29. The van der Waals surface area contributed by atoms with Crippen LogP contribution in [-0.2, 0) is 20.5 Å². The van der Waals surface area contributed by atoms with E-state index in [0.717, 1.165) is 12.5 Å². The maximum atomic E-state index is 13.0. The smallest absolute Gasteiger partial charge is 0.418 e. The first-order chi connectivity index (χ1) is 10.9. The van der Waals surface area contributed by atoms with Gasteiger partial charge in [0.05, 0.1) is 23.1 Å². The van der Waals surface area contributed by atoms with E-state index >= 15 is 0 Å². The Bertz CT molecular complexity index is 685. The number of benzene rings is 1. The number of halogens is 3. The Balaban J connectivity index is 1.59. The number of amides is 1. The minimum atomic E-state index is -4.55. The fourth-order valence-corrected chi connectivity index (χ4v) is 4.42. The Morgan fingerprint density at radius 3 is 2.70 bits per heavy atom. The van der Waals surface area contributed by atoms with Gasteiger partial charge < -0.3 is 10.1 Å². The van der Waals surface area contributed by atoms with Gasteiger partial charge in [0, 0.05) is 5.92 Å². The Kier molecular flexibility index (Phi) is 2.98. The second-order valence-corrected chi connectivity index (χ2v) is 6.45. The Morgan fingerprint density at radius 1 is 1.22 bits per heavy atom. The largest absolute Gasteiger partial charge is 0.462 e. The van der Waals surface area contributed by atoms with Gasteiger partial charge in [-0.15, -0.1) is 0 Å². The molecule has 1 saturated heterocycles. The van der Waals surface area contributed by atoms with Crippen LogP contribution in [-0.4, -0.2) is 18.0 Å². The van der Waals surface area contributed by atoms with Crippen molar-refractivity contribution >= 4 is 17.6 Å². The number of carbonyl (C=O) groups is 2. The number of anilines is 1. The molecule has 0 spiro atoms. The summed E-state index contributed by atoms with van der Waals surface area (Å²) in [5.74, 6) is -1.94. The normalized spacial score (nSPS) is 34.6. The highest BCUT2D eigenvalue weighted by Crippen LogP contribution is 2.57. The molecule has 2 aliphatic carbocycles. The van der Waals surface area contributed by atoms with Gasteiger partial charge in [-0.2, -0.15) is 13.2 Å². The van der Waals surface area contributed by atoms with Crippen LogP contribution in [0.2, 0.25) is 0 Å². The molecule has 1 heterocycles. The third kappa shape index (κ3) is 2.13. The molecule has 2 bridgehead atoms. The van der Waals surface area contributed by atoms with Crippen LogP contribution >= 0.6 is 0 Å². The van der Waals surface area contributed by atoms with Gasteiger partial charge in [-0.3, -0.25) is 9.59 Å². The molecule has 1 aromatic carbocycles. The summed E-state index contributed by atoms with van der Waals surface area (Å²) in [5.41, 5.74) is -1.15. The average molecular weight is 325 g/mol. The molecule has 1 aromatic rings. The number of para-hydroxylation sites is 1. The molecular weight excluding hydrogens is 311 g/mol. The van der Waals surface area contributed by atoms with Crippen LogP contribution in [0.25, 0.3) is 0 Å². The van der Waals surface area contributed by atoms with E-state index < -0.39 is 29.5 Å². The van der Waals surface area contributed by atoms with Crippen LogP contribution in [0.1, 0.15) is 18.4 Å². The summed E-state index contributed by atoms with van der Waals surface area (Å²) in [6.45, 7) is 0. The van der Waals surface area contributed by atoms with Crippen molar-refractivity contribution in [1.29, 1.82) is 0 Å². The summed E-state index contributed by atoms with van der Waals surface area (Å²) in [7, 11) is 0. The van der Waals surface area contributed by atoms with Crippen molar-refractivity contribution in [3.05, 3.63) is 29.8 Å². The molecule has 7 heteroatoms. The van der Waals surface area contributed by atoms with Crippen LogP contribution in [0.3, 0.4) is 0 Å². The maximum Gasteiger partial charge on any atom is 0.418 e. The molecule has 1 amide bonds. The average Bonchev–Trinajstić information content (AvgIpc) is 3.08. The van der Waals surface area contributed by atoms with E-state index in [9.17, 15) is 22.8 Å². The van der Waals surface area contributed by atoms with Gasteiger partial charge in [0.25, 0.3) is 0 Å². The van der Waals surface area contributed by atoms with Crippen molar-refractivity contribution in [3.8, 4) is 0 Å². The Labute approximate surface area is 130 Å². The fourth-order valence-electron chi connectivity index (χ4n) is 4.42. The lowest BCUT2D eigenvalue weighted by atomic mass is 9.79. The zero-order valence-electron chi connectivity index (χ0n) is 12.0. The lowest BCUT2D eigenvalue weighted by molar-refractivity contribution is -0.145. The van der Waals surface area contributed by atoms with Crippen molar-refractivity contribution in [2.75, 3.05) is 5.32 Å². The first kappa shape index (κ1) is 14.5. The van der Waals surface area contributed by atoms with Crippen molar-refractivity contribution in [2.24, 2.45) is 23.7 Å². The van der Waals surface area contributed by atoms with Gasteiger partial charge in [-0.05, 0) is 30.9 Å². The zero-order chi connectivity index (χ0) is 16.4. The summed E-state index contributed by atoms with van der Waals surface area (Å²) in [6, 6.07) is 4.86. The monoisotopic (exact) mass is 325 g/mol. The van der Waals surface area contributed by atoms with Crippen LogP contribution in [0.5, 0.6) is 0 Å². The molecule has 4 nitrogen and oxygen atoms in total. The molecule has 0 aromatic heterocycles. The first-order valence-corrected chi connectivity index (χ1v) is 7.54. The van der Waals surface area contributed by atoms with Crippen molar-refractivity contribution in [3.63, 3.8) is 0 Å². The highest BCUT2D eigenvalue weighted by Gasteiger charge is 2.63. The van der Waals surface area contributed by atoms with Crippen LogP contribution < -0.4 is 5.32 Å². The van der Waals surface area contributed by atoms with E-state index in [1.165, 1.54) is 18.2 Å². The molecule has 5 atom stereocenters. The third-order valence-corrected chi connectivity index (χ3v) is 5.28. The molecule has 122 valence electrons. The Morgan fingerprint density at radius 2 is 1.96 bits per heavy atom. The van der Waals surface area contributed by atoms with Gasteiger partial charge in [0.2, 0.25) is 5.91 Å². The van der Waals surface area contributed by atoms with E-state index in [1.54, 1.807) is 0 Å². The maximum absolute atomic E-state index is 13.0. The molecule has 0 unspecified atom stereocenters. The number of nitrogens with one attached hydrogen (secondary N) is 1. The minimum absolute atomic E-state index is 0.0134. The number of rotatable bonds is 2. The van der Waals surface area contributed by atoms with Gasteiger partial charge in [-0.25, -0.2) is 0 Å². The number of hydrogen-bond acceptors (Lipinski definition) is 3. The van der Waals surface area contributed by atoms with E-state index in [4.69, 9.17) is 4.74 Å². The van der Waals surface area contributed by atoms with Crippen LogP contribution in [0, 0.1) is 23.7 Å². The van der Waals surface area contributed by atoms with Crippen LogP contribution in [0.4, 0.5) is 18.9 Å². The van der Waals surface area contributed by atoms with Gasteiger partial charge in [0.15, 0.2) is 0 Å². The zero-order valence-corrected chi connectivity index (χ0v) is 12.0. The number of fused-ring (bicyclic) bond motifs is 1. The Hall–Kier alpha value is -2.05. The van der Waals surface area contributed by atoms with Crippen molar-refractivity contribution in [2.45, 2.75) is 25.1 Å². The molecule has 4 rings (SSSR count). The summed E-state index contributed by atoms with van der Waals surface area (Å²) >= 11 is 0. The number of alkyl halides is 3. The molecule has 1 N–H and O–H groups in total. The number of esters is 1. The summed E-state index contributed by atoms with van der Waals surface area (Å²) in [4.78, 5) is 24.4.